The maximum Gasteiger partial charge on any atom is 0.324 e. The smallest absolute Gasteiger partial charge is 0.324 e. The van der Waals surface area contributed by atoms with Gasteiger partial charge in [0.1, 0.15) is 35.4 Å². The Hall–Kier alpha value is -6.31. The van der Waals surface area contributed by atoms with Crippen LogP contribution in [0.25, 0.3) is 32.9 Å². The molecule has 16 heteroatoms. The van der Waals surface area contributed by atoms with Crippen molar-refractivity contribution in [1.29, 1.82) is 0 Å². The zero-order valence-corrected chi connectivity index (χ0v) is 29.8. The number of benzene rings is 3. The molecule has 6 aromatic rings. The Morgan fingerprint density at radius 1 is 1.02 bits per heavy atom. The van der Waals surface area contributed by atoms with Crippen LogP contribution in [0.4, 0.5) is 20.3 Å². The lowest BCUT2D eigenvalue weighted by Crippen LogP contribution is -2.51. The third-order valence-corrected chi connectivity index (χ3v) is 11.5. The topological polar surface area (TPSA) is 157 Å². The van der Waals surface area contributed by atoms with E-state index < -0.39 is 27.6 Å². The Kier molecular flexibility index (Phi) is 8.47. The molecule has 2 atom stereocenters. The molecule has 3 aromatic carbocycles. The van der Waals surface area contributed by atoms with Crippen LogP contribution in [-0.4, -0.2) is 68.6 Å². The molecule has 2 bridgehead atoms. The quantitative estimate of drug-likeness (QED) is 0.112. The number of halogens is 2. The number of nitrogens with one attached hydrogen (secondary N) is 2. The summed E-state index contributed by atoms with van der Waals surface area (Å²) in [6, 6.07) is 13.9. The van der Waals surface area contributed by atoms with Crippen LogP contribution in [0, 0.1) is 24.0 Å². The summed E-state index contributed by atoms with van der Waals surface area (Å²) in [6.07, 6.45) is 14.3. The monoisotopic (exact) mass is 759 g/mol. The highest BCUT2D eigenvalue weighted by Crippen LogP contribution is 2.39. The highest BCUT2D eigenvalue weighted by Gasteiger charge is 2.34. The van der Waals surface area contributed by atoms with Crippen molar-refractivity contribution in [2.24, 2.45) is 0 Å². The van der Waals surface area contributed by atoms with Crippen molar-refractivity contribution < 1.29 is 26.7 Å². The molecule has 1 aliphatic carbocycles. The number of hydrogen-bond acceptors (Lipinski definition) is 11. The summed E-state index contributed by atoms with van der Waals surface area (Å²) >= 11 is 0. The average Bonchev–Trinajstić information content (AvgIpc) is 3.81. The molecular weight excluding hydrogens is 729 g/mol. The van der Waals surface area contributed by atoms with Gasteiger partial charge < -0.3 is 20.3 Å². The average molecular weight is 760 g/mol. The van der Waals surface area contributed by atoms with Crippen molar-refractivity contribution in [2.75, 3.05) is 23.3 Å². The number of pyridine rings is 1. The minimum absolute atomic E-state index is 0.00693. The Balaban J connectivity index is 1.02. The van der Waals surface area contributed by atoms with E-state index in [-0.39, 0.29) is 51.4 Å². The van der Waals surface area contributed by atoms with Crippen LogP contribution in [0.3, 0.4) is 0 Å². The van der Waals surface area contributed by atoms with E-state index in [0.29, 0.717) is 46.5 Å². The molecule has 2 N–H and O–H groups in total. The fourth-order valence-electron chi connectivity index (χ4n) is 7.25. The van der Waals surface area contributed by atoms with Crippen molar-refractivity contribution >= 4 is 49.1 Å². The minimum atomic E-state index is -4.05. The van der Waals surface area contributed by atoms with Crippen LogP contribution in [0.15, 0.2) is 84.4 Å². The summed E-state index contributed by atoms with van der Waals surface area (Å²) < 4.78 is 64.5. The van der Waals surface area contributed by atoms with Crippen LogP contribution in [0.5, 0.6) is 6.01 Å². The van der Waals surface area contributed by atoms with Gasteiger partial charge in [-0.05, 0) is 55.3 Å². The van der Waals surface area contributed by atoms with Crippen LogP contribution in [-0.2, 0) is 14.8 Å². The Bertz CT molecular complexity index is 2720. The molecular formula is C39H31F2N9O4S. The van der Waals surface area contributed by atoms with Crippen LogP contribution in [0.2, 0.25) is 0 Å². The zero-order chi connectivity index (χ0) is 37.8. The minimum Gasteiger partial charge on any atom is -0.432 e. The molecule has 276 valence electrons. The second-order valence-electron chi connectivity index (χ2n) is 13.7. The van der Waals surface area contributed by atoms with Gasteiger partial charge in [0, 0.05) is 60.0 Å². The third kappa shape index (κ3) is 6.40. The summed E-state index contributed by atoms with van der Waals surface area (Å²) in [5, 5.41) is 11.6. The third-order valence-electron chi connectivity index (χ3n) is 10.0. The molecule has 1 amide bonds. The first-order valence-electron chi connectivity index (χ1n) is 17.6. The van der Waals surface area contributed by atoms with E-state index in [0.717, 1.165) is 42.1 Å². The Morgan fingerprint density at radius 3 is 2.60 bits per heavy atom. The molecule has 3 aromatic heterocycles. The maximum absolute atomic E-state index is 16.8. The van der Waals surface area contributed by atoms with Gasteiger partial charge in [-0.15, -0.1) is 15.6 Å². The number of piperazine rings is 1. The number of nitrogens with zero attached hydrogens (tertiary/aromatic N) is 7. The van der Waals surface area contributed by atoms with Gasteiger partial charge in [-0.3, -0.25) is 9.78 Å². The number of anilines is 2. The number of carbonyl (C=O) groups excluding carboxylic acids is 1. The predicted molar refractivity (Wildman–Crippen MR) is 200 cm³/mol. The normalized spacial score (nSPS) is 18.2. The summed E-state index contributed by atoms with van der Waals surface area (Å²) in [5.74, 6) is 1.44. The second-order valence-corrected chi connectivity index (χ2v) is 15.5. The number of rotatable bonds is 9. The summed E-state index contributed by atoms with van der Waals surface area (Å²) in [4.78, 5) is 32.6. The first-order valence-corrected chi connectivity index (χ1v) is 19.1. The molecule has 13 nitrogen and oxygen atoms in total. The van der Waals surface area contributed by atoms with Gasteiger partial charge in [0.15, 0.2) is 11.6 Å². The van der Waals surface area contributed by atoms with Crippen molar-refractivity contribution in [3.63, 3.8) is 0 Å². The molecule has 55 heavy (non-hydrogen) atoms. The molecule has 2 saturated heterocycles. The molecule has 9 rings (SSSR count). The number of aromatic nitrogens is 6. The molecule has 0 unspecified atom stereocenters. The largest absolute Gasteiger partial charge is 0.432 e. The van der Waals surface area contributed by atoms with Gasteiger partial charge in [0.2, 0.25) is 0 Å². The molecule has 2 aliphatic heterocycles. The lowest BCUT2D eigenvalue weighted by atomic mass is 9.96. The molecule has 5 heterocycles. The van der Waals surface area contributed by atoms with E-state index in [9.17, 15) is 17.6 Å². The van der Waals surface area contributed by atoms with Gasteiger partial charge >= 0.3 is 6.01 Å². The molecule has 1 saturated carbocycles. The molecule has 3 fully saturated rings. The zero-order valence-electron chi connectivity index (χ0n) is 29.0. The number of hydrogen-bond donors (Lipinski definition) is 2. The van der Waals surface area contributed by atoms with Gasteiger partial charge in [-0.25, -0.2) is 13.8 Å². The molecule has 0 radical (unpaired) electrons. The predicted octanol–water partition coefficient (Wildman–Crippen LogP) is 5.28. The van der Waals surface area contributed by atoms with Crippen molar-refractivity contribution in [3.05, 3.63) is 102 Å². The van der Waals surface area contributed by atoms with Gasteiger partial charge in [0.05, 0.1) is 15.8 Å². The van der Waals surface area contributed by atoms with Gasteiger partial charge in [-0.1, -0.05) is 36.3 Å². The van der Waals surface area contributed by atoms with Crippen molar-refractivity contribution in [1.82, 2.24) is 34.4 Å². The number of carbonyl (C=O) groups is 1. The maximum atomic E-state index is 16.8. The van der Waals surface area contributed by atoms with E-state index in [2.05, 4.69) is 41.6 Å². The lowest BCUT2D eigenvalue weighted by molar-refractivity contribution is -0.112. The number of fused-ring (bicyclic) bond motifs is 4. The number of ether oxygens (including phenoxy) is 1. The van der Waals surface area contributed by atoms with Gasteiger partial charge in [-0.2, -0.15) is 18.4 Å². The fourth-order valence-corrected chi connectivity index (χ4v) is 8.36. The first-order chi connectivity index (χ1) is 26.7. The molecule has 0 spiro atoms. The van der Waals surface area contributed by atoms with Crippen molar-refractivity contribution in [2.45, 2.75) is 48.6 Å². The summed E-state index contributed by atoms with van der Waals surface area (Å²) in [7, 11) is -4.05. The summed E-state index contributed by atoms with van der Waals surface area (Å²) in [6.45, 7) is 1.23. The van der Waals surface area contributed by atoms with Crippen molar-refractivity contribution in [3.8, 4) is 29.6 Å². The van der Waals surface area contributed by atoms with Crippen LogP contribution >= 0.6 is 0 Å². The lowest BCUT2D eigenvalue weighted by Gasteiger charge is -2.34. The fraction of sp³-hybridized carbons (Fsp3) is 0.231. The van der Waals surface area contributed by atoms with E-state index in [4.69, 9.17) is 11.2 Å². The SMILES string of the molecule is C#Cc1c(F)ccc2cccc(-c3ncc4c(N5C[C@H]6CC[C@@H](C5)N6)nc(OC=CC(=O)Nc5cccc(S(=O)(=O)n6cnc(C7CC7)n6)c5)nc4c3F)c12. The van der Waals surface area contributed by atoms with E-state index in [1.54, 1.807) is 24.3 Å². The second kappa shape index (κ2) is 13.5. The summed E-state index contributed by atoms with van der Waals surface area (Å²) in [5.41, 5.74) is 0.332. The van der Waals surface area contributed by atoms with Gasteiger partial charge in [0.25, 0.3) is 15.9 Å². The first kappa shape index (κ1) is 34.5. The van der Waals surface area contributed by atoms with Crippen LogP contribution in [0.1, 0.15) is 43.0 Å². The standard InChI is InChI=1S/C39H31F2N9O4S/c1-2-28-31(40)14-11-22-5-3-8-29(33(22)28)35-34(41)36-30(18-42-35)38(49-19-25-12-13-26(20-49)44-25)47-39(46-36)54-16-15-32(51)45-24-6-4-7-27(17-24)55(52,53)50-21-43-37(48-50)23-9-10-23/h1,3-8,11,14-18,21,23,25-26,44H,9-10,12-13,19-20H2,(H,45,51)/t25-,26+. The highest BCUT2D eigenvalue weighted by atomic mass is 32.2. The Morgan fingerprint density at radius 2 is 1.82 bits per heavy atom. The van der Waals surface area contributed by atoms with E-state index >= 15 is 4.39 Å². The van der Waals surface area contributed by atoms with Crippen LogP contribution < -0.4 is 20.3 Å². The molecule has 3 aliphatic rings. The number of amides is 1. The van der Waals surface area contributed by atoms with E-state index in [1.165, 1.54) is 42.9 Å². The van der Waals surface area contributed by atoms with E-state index in [1.807, 2.05) is 4.90 Å². The highest BCUT2D eigenvalue weighted by molar-refractivity contribution is 7.89. The Labute approximate surface area is 313 Å². The number of terminal acetylenes is 1.